The Labute approximate surface area is 251 Å². The molecule has 0 nitrogen and oxygen atoms in total. The summed E-state index contributed by atoms with van der Waals surface area (Å²) in [6.07, 6.45) is 9.00. The third kappa shape index (κ3) is 9.55. The Hall–Kier alpha value is -1.66. The van der Waals surface area contributed by atoms with Gasteiger partial charge in [-0.2, -0.15) is 11.6 Å². The minimum Gasteiger partial charge on any atom is -1.00 e. The molecule has 0 radical (unpaired) electrons. The summed E-state index contributed by atoms with van der Waals surface area (Å²) in [6.45, 7) is 15.4. The van der Waals surface area contributed by atoms with Crippen molar-refractivity contribution in [2.24, 2.45) is 11.3 Å². The second-order valence-electron chi connectivity index (χ2n) is 10.5. The van der Waals surface area contributed by atoms with Gasteiger partial charge in [-0.3, -0.25) is 6.08 Å². The maximum absolute atomic E-state index is 3.35. The van der Waals surface area contributed by atoms with Crippen LogP contribution in [0.1, 0.15) is 57.7 Å². The van der Waals surface area contributed by atoms with E-state index in [1.807, 2.05) is 6.07 Å². The summed E-state index contributed by atoms with van der Waals surface area (Å²) < 4.78 is 1.46. The van der Waals surface area contributed by atoms with Gasteiger partial charge in [0.25, 0.3) is 0 Å². The molecule has 1 aliphatic rings. The molecule has 3 heteroatoms. The number of halogens is 2. The minimum absolute atomic E-state index is 0. The number of rotatable bonds is 2. The monoisotopic (exact) mass is 606 g/mol. The molecule has 0 saturated heterocycles. The third-order valence-electron chi connectivity index (χ3n) is 6.36. The Morgan fingerprint density at radius 3 is 1.73 bits per heavy atom. The van der Waals surface area contributed by atoms with Gasteiger partial charge in [0.15, 0.2) is 0 Å². The van der Waals surface area contributed by atoms with Crippen LogP contribution >= 0.6 is 0 Å². The largest absolute Gasteiger partial charge is 1.00 e. The number of fused-ring (bicyclic) bond motifs is 3. The quantitative estimate of drug-likeness (QED) is 0.306. The van der Waals surface area contributed by atoms with Crippen molar-refractivity contribution in [2.45, 2.75) is 54.9 Å². The Morgan fingerprint density at radius 1 is 0.865 bits per heavy atom. The van der Waals surface area contributed by atoms with Crippen LogP contribution in [0.15, 0.2) is 90.5 Å². The molecule has 0 fully saturated rings. The van der Waals surface area contributed by atoms with Crippen molar-refractivity contribution in [2.75, 3.05) is 0 Å². The standard InChI is InChI=1S/C15H13.C11H17.C8H8.2ClH.Zr/c1-10-3-5-14-12(7-10)9-13-8-11(2)4-6-15(13)14;1-5-9-6-7-10(8-9)11(2,3)4;1-2-8-6-4-3-5-7-8;;;/h3-9H,1-2H3;7-9H,5H2,1-4H3;3-7H,1H3;2*1H;/q2*-1;;;;+2/p-2. The van der Waals surface area contributed by atoms with Gasteiger partial charge in [0.2, 0.25) is 0 Å². The van der Waals surface area contributed by atoms with E-state index >= 15 is 0 Å². The van der Waals surface area contributed by atoms with Crippen LogP contribution in [0.3, 0.4) is 0 Å². The molecular formula is C34H38Cl2Zr-2. The fraction of sp³-hybridized carbons (Fsp3) is 0.294. The van der Waals surface area contributed by atoms with Crippen molar-refractivity contribution in [3.63, 3.8) is 0 Å². The van der Waals surface area contributed by atoms with Gasteiger partial charge in [-0.1, -0.05) is 80.8 Å². The van der Waals surface area contributed by atoms with Crippen molar-refractivity contribution in [3.05, 3.63) is 113 Å². The fourth-order valence-electron chi connectivity index (χ4n) is 4.16. The summed E-state index contributed by atoms with van der Waals surface area (Å²) >= 11 is 1.51. The Balaban J connectivity index is 0.000000281. The molecule has 194 valence electrons. The SMILES string of the molecule is CCC1[C-]=CC(C(C)(C)C)=C1.C[C](=[Zr+2])c1ccccc1.Cc1ccc2c(c1)[cH-]c1cc(C)ccc12.[Cl-].[Cl-]. The van der Waals surface area contributed by atoms with Crippen molar-refractivity contribution in [1.82, 2.24) is 0 Å². The number of hydrogen-bond donors (Lipinski definition) is 0. The summed E-state index contributed by atoms with van der Waals surface area (Å²) in [4.78, 5) is 0. The van der Waals surface area contributed by atoms with Gasteiger partial charge in [0.05, 0.1) is 0 Å². The molecule has 4 aromatic rings. The first-order valence-electron chi connectivity index (χ1n) is 12.6. The van der Waals surface area contributed by atoms with Crippen LogP contribution < -0.4 is 24.8 Å². The van der Waals surface area contributed by atoms with E-state index in [9.17, 15) is 0 Å². The molecule has 1 aliphatic carbocycles. The second kappa shape index (κ2) is 15.1. The summed E-state index contributed by atoms with van der Waals surface area (Å²) in [5.41, 5.74) is 5.76. The average molecular weight is 609 g/mol. The van der Waals surface area contributed by atoms with Gasteiger partial charge in [0, 0.05) is 0 Å². The number of benzene rings is 3. The molecular weight excluding hydrogens is 571 g/mol. The molecule has 1 unspecified atom stereocenters. The van der Waals surface area contributed by atoms with Crippen LogP contribution in [-0.4, -0.2) is 3.21 Å². The topological polar surface area (TPSA) is 0 Å². The number of aryl methyl sites for hydroxylation is 2. The molecule has 1 atom stereocenters. The molecule has 0 heterocycles. The molecule has 0 aromatic heterocycles. The molecule has 0 bridgehead atoms. The summed E-state index contributed by atoms with van der Waals surface area (Å²) in [5.74, 6) is 0.573. The average Bonchev–Trinajstić information content (AvgIpc) is 3.44. The predicted octanol–water partition coefficient (Wildman–Crippen LogP) is 3.47. The van der Waals surface area contributed by atoms with E-state index in [1.54, 1.807) is 0 Å². The second-order valence-corrected chi connectivity index (χ2v) is 12.4. The van der Waals surface area contributed by atoms with E-state index in [0.29, 0.717) is 11.3 Å². The molecule has 0 saturated carbocycles. The zero-order valence-electron chi connectivity index (χ0n) is 23.1. The Kier molecular flexibility index (Phi) is 13.6. The van der Waals surface area contributed by atoms with E-state index in [4.69, 9.17) is 0 Å². The molecule has 0 N–H and O–H groups in total. The maximum Gasteiger partial charge on any atom is -0.0469 e. The maximum atomic E-state index is 3.35. The minimum atomic E-state index is 0. The molecule has 0 aliphatic heterocycles. The number of allylic oxidation sites excluding steroid dienone is 4. The molecule has 37 heavy (non-hydrogen) atoms. The van der Waals surface area contributed by atoms with Crippen molar-refractivity contribution in [3.8, 4) is 0 Å². The van der Waals surface area contributed by atoms with E-state index in [2.05, 4.69) is 133 Å². The van der Waals surface area contributed by atoms with Crippen LogP contribution in [0.2, 0.25) is 0 Å². The van der Waals surface area contributed by atoms with Crippen molar-refractivity contribution in [1.29, 1.82) is 0 Å². The first kappa shape index (κ1) is 33.4. The van der Waals surface area contributed by atoms with E-state index in [0.717, 1.165) is 0 Å². The van der Waals surface area contributed by atoms with Gasteiger partial charge in [-0.05, 0) is 13.8 Å². The summed E-state index contributed by atoms with van der Waals surface area (Å²) in [6, 6.07) is 26.1. The van der Waals surface area contributed by atoms with Crippen molar-refractivity contribution >= 4 is 24.8 Å². The Bertz CT molecular complexity index is 1300. The van der Waals surface area contributed by atoms with Crippen molar-refractivity contribution < 1.29 is 49.0 Å². The van der Waals surface area contributed by atoms with Crippen LogP contribution in [0.25, 0.3) is 21.5 Å². The van der Waals surface area contributed by atoms with Gasteiger partial charge >= 0.3 is 70.3 Å². The van der Waals surface area contributed by atoms with Gasteiger partial charge in [-0.25, -0.2) is 6.08 Å². The van der Waals surface area contributed by atoms with Gasteiger partial charge in [-0.15, -0.1) is 39.7 Å². The molecule has 4 aromatic carbocycles. The Morgan fingerprint density at radius 2 is 1.38 bits per heavy atom. The normalized spacial score (nSPS) is 14.0. The fourth-order valence-corrected chi connectivity index (χ4v) is 4.57. The van der Waals surface area contributed by atoms with Crippen LogP contribution in [0, 0.1) is 31.3 Å². The van der Waals surface area contributed by atoms with E-state index in [-0.39, 0.29) is 24.8 Å². The molecule has 5 rings (SSSR count). The zero-order chi connectivity index (χ0) is 25.6. The first-order chi connectivity index (χ1) is 16.6. The van der Waals surface area contributed by atoms with E-state index in [1.165, 1.54) is 77.7 Å². The smallest absolute Gasteiger partial charge is 0.0469 e. The molecule has 0 amide bonds. The van der Waals surface area contributed by atoms with E-state index < -0.39 is 0 Å². The van der Waals surface area contributed by atoms with Crippen LogP contribution in [0.5, 0.6) is 0 Å². The zero-order valence-corrected chi connectivity index (χ0v) is 27.1. The summed E-state index contributed by atoms with van der Waals surface area (Å²) in [7, 11) is 0. The summed E-state index contributed by atoms with van der Waals surface area (Å²) in [5, 5.41) is 5.46. The van der Waals surface area contributed by atoms with Crippen LogP contribution in [-0.2, 0) is 24.2 Å². The molecule has 0 spiro atoms. The van der Waals surface area contributed by atoms with Gasteiger partial charge < -0.3 is 24.8 Å². The van der Waals surface area contributed by atoms with Crippen LogP contribution in [0.4, 0.5) is 0 Å². The van der Waals surface area contributed by atoms with Gasteiger partial charge in [0.1, 0.15) is 0 Å². The third-order valence-corrected chi connectivity index (χ3v) is 7.07. The predicted molar refractivity (Wildman–Crippen MR) is 152 cm³/mol. The first-order valence-corrected chi connectivity index (χ1v) is 13.8. The number of hydrogen-bond acceptors (Lipinski definition) is 0.